The van der Waals surface area contributed by atoms with Gasteiger partial charge in [-0.2, -0.15) is 0 Å². The van der Waals surface area contributed by atoms with Gasteiger partial charge in [-0.05, 0) is 81.6 Å². The van der Waals surface area contributed by atoms with E-state index in [1.165, 1.54) is 27.7 Å². The summed E-state index contributed by atoms with van der Waals surface area (Å²) in [4.78, 5) is 201. The monoisotopic (exact) mass is 1440 g/mol. The molecular formula is C69H114N14O19. The highest BCUT2D eigenvalue weighted by Gasteiger charge is 2.46. The molecule has 2 aliphatic rings. The predicted octanol–water partition coefficient (Wildman–Crippen LogP) is -3.32. The summed E-state index contributed by atoms with van der Waals surface area (Å²) in [6.07, 6.45) is -5.70. The minimum atomic E-state index is -2.55. The largest absolute Gasteiger partial charge is 0.396 e. The van der Waals surface area contributed by atoms with E-state index in [2.05, 4.69) is 53.2 Å². The molecule has 19 N–H and O–H groups in total. The van der Waals surface area contributed by atoms with E-state index < -0.39 is 230 Å². The highest BCUT2D eigenvalue weighted by Crippen LogP contribution is 2.23. The number of nitrogens with two attached hydrogens (primary N) is 2. The van der Waals surface area contributed by atoms with Crippen LogP contribution < -0.4 is 64.6 Å². The van der Waals surface area contributed by atoms with Crippen molar-refractivity contribution in [1.29, 1.82) is 0 Å². The van der Waals surface area contributed by atoms with Crippen molar-refractivity contribution in [3.05, 3.63) is 35.9 Å². The van der Waals surface area contributed by atoms with Gasteiger partial charge in [0.25, 0.3) is 0 Å². The van der Waals surface area contributed by atoms with E-state index in [9.17, 15) is 92.7 Å². The lowest BCUT2D eigenvalue weighted by Gasteiger charge is -2.36. The van der Waals surface area contributed by atoms with Crippen molar-refractivity contribution in [2.24, 2.45) is 35.1 Å². The van der Waals surface area contributed by atoms with Gasteiger partial charge in [0.2, 0.25) is 82.7 Å². The molecule has 5 unspecified atom stereocenters. The summed E-state index contributed by atoms with van der Waals surface area (Å²) in [7, 11) is 1.14. The molecule has 33 heteroatoms. The smallest absolute Gasteiger partial charge is 0.248 e. The first kappa shape index (κ1) is 87.8. The maximum atomic E-state index is 14.8. The molecule has 2 fully saturated rings. The fourth-order valence-electron chi connectivity index (χ4n) is 12.1. The van der Waals surface area contributed by atoms with E-state index in [0.717, 1.165) is 43.0 Å². The topological polar surface area (TPSA) is 519 Å². The van der Waals surface area contributed by atoms with Crippen LogP contribution in [0.1, 0.15) is 172 Å². The second kappa shape index (κ2) is 42.9. The second-order valence-electron chi connectivity index (χ2n) is 28.0. The number of nitrogens with one attached hydrogen (secondary N) is 10. The zero-order valence-corrected chi connectivity index (χ0v) is 61.0. The number of primary amides is 2. The maximum absolute atomic E-state index is 14.8. The molecule has 0 aromatic heterocycles. The summed E-state index contributed by atoms with van der Waals surface area (Å²) in [5.41, 5.74) is 11.6. The summed E-state index contributed by atoms with van der Waals surface area (Å²) >= 11 is 0. The molecule has 1 aromatic carbocycles. The first-order chi connectivity index (χ1) is 47.9. The molecule has 17 atom stereocenters. The fraction of sp³-hybridized carbons (Fsp3) is 0.710. The number of aliphatic hydroxyl groups is 5. The van der Waals surface area contributed by atoms with Crippen molar-refractivity contribution < 1.29 is 92.7 Å². The Morgan fingerprint density at radius 3 is 1.64 bits per heavy atom. The third-order valence-electron chi connectivity index (χ3n) is 18.3. The highest BCUT2D eigenvalue weighted by molar-refractivity contribution is 6.01. The Morgan fingerprint density at radius 2 is 1.08 bits per heavy atom. The number of likely N-dealkylation sites (N-methyl/N-ethyl adjacent to an activating group) is 1. The number of rotatable bonds is 24. The number of carbonyl (C=O) groups is 14. The summed E-state index contributed by atoms with van der Waals surface area (Å²) < 4.78 is 0. The number of unbranched alkanes of at least 4 members (excludes halogenated alkanes) is 4. The van der Waals surface area contributed by atoms with E-state index in [0.29, 0.717) is 18.4 Å². The molecule has 14 amide bonds. The van der Waals surface area contributed by atoms with Gasteiger partial charge in [-0.15, -0.1) is 0 Å². The van der Waals surface area contributed by atoms with Gasteiger partial charge in [0.05, 0.1) is 18.3 Å². The summed E-state index contributed by atoms with van der Waals surface area (Å²) in [5, 5.41) is 80.7. The molecule has 3 rings (SSSR count). The van der Waals surface area contributed by atoms with E-state index in [-0.39, 0.29) is 51.0 Å². The fourth-order valence-corrected chi connectivity index (χ4v) is 12.1. The quantitative estimate of drug-likeness (QED) is 0.0450. The highest BCUT2D eigenvalue weighted by atomic mass is 16.3. The Labute approximate surface area is 596 Å². The first-order valence-electron chi connectivity index (χ1n) is 35.5. The van der Waals surface area contributed by atoms with Crippen LogP contribution in [0.2, 0.25) is 0 Å². The van der Waals surface area contributed by atoms with Crippen molar-refractivity contribution in [2.45, 2.75) is 269 Å². The van der Waals surface area contributed by atoms with Crippen molar-refractivity contribution >= 4 is 82.7 Å². The average molecular weight is 1440 g/mol. The molecule has 0 bridgehead atoms. The molecule has 0 spiro atoms. The standard InChI is InChI=1S/C69H114N14O19/c1-13-15-16-17-21-25-42-34-49(88)77-50(36(5)6)63(96)80-53(56(89)37(7)8)65(98)73-43(29-31-84)59(92)75-45(32-35(3)4)60(93)74-44(27-28-48(70)87)68(101)82(12)55(38(9)14-2)67(100)81-54(57(90)58(71)91)66(99)79-52(40(11)86)69(102)83-30-22-26-47(83)62(95)76-46(33-41-23-19-18-20-24-41)61(94)78-51(39(10)85)64(97)72-42/h18-20,23-24,35-40,42-47,50-57,84-86,89-90H,13-17,21-22,25-34H2,1-12H3,(H2,70,87)(H2,71,91)(H,72,97)(H,73,98)(H,74,93)(H,75,92)(H,76,95)(H,77,88)(H,78,94)(H,79,99)(H,80,96)(H,81,100)/t38-,39+,40+,42?,43-,44-,45+,46+,47-,50-,51-,52+,53?,54?,55-,56?,57?/m0/s1. The number of fused-ring (bicyclic) bond motifs is 1. The molecule has 574 valence electrons. The van der Waals surface area contributed by atoms with Crippen LogP contribution in [-0.4, -0.2) is 235 Å². The first-order valence-corrected chi connectivity index (χ1v) is 35.5. The van der Waals surface area contributed by atoms with E-state index >= 15 is 0 Å². The molecule has 2 heterocycles. The lowest BCUT2D eigenvalue weighted by molar-refractivity contribution is -0.148. The van der Waals surface area contributed by atoms with Crippen LogP contribution in [0.15, 0.2) is 30.3 Å². The third kappa shape index (κ3) is 27.1. The molecule has 2 saturated heterocycles. The molecular weight excluding hydrogens is 1330 g/mol. The molecule has 0 radical (unpaired) electrons. The van der Waals surface area contributed by atoms with Gasteiger partial charge in [0.1, 0.15) is 66.5 Å². The van der Waals surface area contributed by atoms with Gasteiger partial charge in [-0.1, -0.05) is 131 Å². The van der Waals surface area contributed by atoms with Crippen LogP contribution in [0.25, 0.3) is 0 Å². The van der Waals surface area contributed by atoms with Gasteiger partial charge in [0.15, 0.2) is 6.10 Å². The Bertz CT molecular complexity index is 3010. The van der Waals surface area contributed by atoms with Crippen LogP contribution in [0.3, 0.4) is 0 Å². The Balaban J connectivity index is 2.34. The molecule has 2 aliphatic heterocycles. The van der Waals surface area contributed by atoms with Gasteiger partial charge >= 0.3 is 0 Å². The zero-order chi connectivity index (χ0) is 77.0. The third-order valence-corrected chi connectivity index (χ3v) is 18.3. The minimum absolute atomic E-state index is 0.0261. The average Bonchev–Trinajstić information content (AvgIpc) is 1.36. The number of nitrogens with zero attached hydrogens (tertiary/aromatic N) is 2. The van der Waals surface area contributed by atoms with E-state index in [1.807, 2.05) is 6.92 Å². The van der Waals surface area contributed by atoms with Crippen molar-refractivity contribution in [3.63, 3.8) is 0 Å². The lowest BCUT2D eigenvalue weighted by atomic mass is 9.95. The number of carbonyl (C=O) groups excluding carboxylic acids is 14. The van der Waals surface area contributed by atoms with Crippen molar-refractivity contribution in [3.8, 4) is 0 Å². The van der Waals surface area contributed by atoms with Gasteiger partial charge in [-0.3, -0.25) is 67.1 Å². The maximum Gasteiger partial charge on any atom is 0.248 e. The predicted molar refractivity (Wildman–Crippen MR) is 372 cm³/mol. The van der Waals surface area contributed by atoms with Gasteiger partial charge in [0, 0.05) is 45.5 Å². The Hall–Kier alpha value is -8.40. The zero-order valence-electron chi connectivity index (χ0n) is 61.0. The normalized spacial score (nSPS) is 26.9. The van der Waals surface area contributed by atoms with Crippen LogP contribution in [-0.2, 0) is 73.5 Å². The van der Waals surface area contributed by atoms with Crippen LogP contribution >= 0.6 is 0 Å². The van der Waals surface area contributed by atoms with Gasteiger partial charge in [-0.25, -0.2) is 0 Å². The Morgan fingerprint density at radius 1 is 0.549 bits per heavy atom. The van der Waals surface area contributed by atoms with E-state index in [4.69, 9.17) is 11.5 Å². The molecule has 0 aliphatic carbocycles. The minimum Gasteiger partial charge on any atom is -0.396 e. The van der Waals surface area contributed by atoms with Crippen LogP contribution in [0.4, 0.5) is 0 Å². The number of amides is 14. The lowest BCUT2D eigenvalue weighted by Crippen LogP contribution is -2.65. The molecule has 102 heavy (non-hydrogen) atoms. The summed E-state index contributed by atoms with van der Waals surface area (Å²) in [6, 6.07) is -11.5. The molecule has 33 nitrogen and oxygen atoms in total. The molecule has 0 saturated carbocycles. The number of benzene rings is 1. The summed E-state index contributed by atoms with van der Waals surface area (Å²) in [5.74, 6) is -17.7. The van der Waals surface area contributed by atoms with Crippen LogP contribution in [0, 0.1) is 23.7 Å². The SMILES string of the molecule is CCCCCCCC1CC(=O)N[C@@H](C(C)C)C(=O)NC(C(O)C(C)C)C(=O)N[C@@H](CCO)C(=O)N[C@H](CC(C)C)C(=O)N[C@@H](CCC(N)=O)C(=O)N(C)[C@@H]([C@@H](C)CC)C(=O)NC(C(O)C(N)=O)C(=O)N[C@H]([C@@H](C)O)C(=O)N2CCC[C@H]2C(=O)N[C@H](Cc2ccccc2)C(=O)N[C@@H]([C@@H](C)O)C(=O)N1. The van der Waals surface area contributed by atoms with Crippen molar-refractivity contribution in [1.82, 2.24) is 63.0 Å². The Kier molecular flexibility index (Phi) is 36.9. The number of hydrogen-bond donors (Lipinski definition) is 17. The summed E-state index contributed by atoms with van der Waals surface area (Å²) in [6.45, 7) is 16.2. The van der Waals surface area contributed by atoms with Crippen molar-refractivity contribution in [2.75, 3.05) is 20.2 Å². The number of hydrogen-bond acceptors (Lipinski definition) is 19. The number of aliphatic hydroxyl groups excluding tert-OH is 5. The van der Waals surface area contributed by atoms with Crippen LogP contribution in [0.5, 0.6) is 0 Å². The van der Waals surface area contributed by atoms with E-state index in [1.54, 1.807) is 65.0 Å². The molecule has 1 aromatic rings. The van der Waals surface area contributed by atoms with Gasteiger partial charge < -0.3 is 100.0 Å². The second-order valence-corrected chi connectivity index (χ2v) is 28.0.